The predicted molar refractivity (Wildman–Crippen MR) is 131 cm³/mol. The van der Waals surface area contributed by atoms with Gasteiger partial charge in [0.15, 0.2) is 0 Å². The fourth-order valence-electron chi connectivity index (χ4n) is 2.94. The van der Waals surface area contributed by atoms with Gasteiger partial charge in [0.1, 0.15) is 5.75 Å². The van der Waals surface area contributed by atoms with E-state index in [0.29, 0.717) is 18.8 Å². The van der Waals surface area contributed by atoms with E-state index < -0.39 is 0 Å². The molecule has 0 aliphatic carbocycles. The van der Waals surface area contributed by atoms with E-state index in [9.17, 15) is 9.59 Å². The highest BCUT2D eigenvalue weighted by molar-refractivity contribution is 8.00. The number of amides is 2. The number of unbranched alkanes of at least 4 members (excludes halogenated alkanes) is 1. The molecule has 2 N–H and O–H groups in total. The van der Waals surface area contributed by atoms with Gasteiger partial charge in [0, 0.05) is 16.3 Å². The summed E-state index contributed by atoms with van der Waals surface area (Å²) >= 11 is 1.45. The van der Waals surface area contributed by atoms with E-state index in [1.165, 1.54) is 11.8 Å². The minimum absolute atomic E-state index is 0.0576. The third-order valence-corrected chi connectivity index (χ3v) is 5.63. The molecule has 0 spiro atoms. The number of benzene rings is 3. The summed E-state index contributed by atoms with van der Waals surface area (Å²) in [5.41, 5.74) is 2.46. The van der Waals surface area contributed by atoms with Crippen molar-refractivity contribution in [3.63, 3.8) is 0 Å². The van der Waals surface area contributed by atoms with Crippen LogP contribution in [0.1, 0.15) is 25.3 Å². The number of ether oxygens (including phenoxy) is 1. The number of rotatable bonds is 11. The summed E-state index contributed by atoms with van der Waals surface area (Å²) in [5.74, 6) is 0.975. The normalized spacial score (nSPS) is 10.4. The molecule has 0 unspecified atom stereocenters. The van der Waals surface area contributed by atoms with Crippen molar-refractivity contribution in [3.8, 4) is 5.75 Å². The molecule has 0 bridgehead atoms. The molecule has 0 aliphatic heterocycles. The van der Waals surface area contributed by atoms with Gasteiger partial charge in [0.05, 0.1) is 18.8 Å². The Bertz CT molecular complexity index is 990. The van der Waals surface area contributed by atoms with Crippen LogP contribution in [0, 0.1) is 0 Å². The van der Waals surface area contributed by atoms with Crippen LogP contribution >= 0.6 is 11.8 Å². The lowest BCUT2D eigenvalue weighted by atomic mass is 10.1. The van der Waals surface area contributed by atoms with Crippen molar-refractivity contribution < 1.29 is 14.3 Å². The largest absolute Gasteiger partial charge is 0.494 e. The Morgan fingerprint density at radius 2 is 1.44 bits per heavy atom. The molecule has 0 aromatic heterocycles. The van der Waals surface area contributed by atoms with E-state index in [4.69, 9.17) is 4.74 Å². The smallest absolute Gasteiger partial charge is 0.234 e. The molecule has 3 aromatic rings. The maximum atomic E-state index is 12.2. The van der Waals surface area contributed by atoms with Crippen LogP contribution in [0.15, 0.2) is 83.8 Å². The SMILES string of the molecule is CCCCOc1ccc(NC(=O)CSc2ccc(NC(=O)Cc3ccccc3)cc2)cc1. The molecule has 0 saturated carbocycles. The number of anilines is 2. The maximum Gasteiger partial charge on any atom is 0.234 e. The molecule has 3 rings (SSSR count). The number of nitrogens with one attached hydrogen (secondary N) is 2. The third-order valence-electron chi connectivity index (χ3n) is 4.62. The maximum absolute atomic E-state index is 12.2. The highest BCUT2D eigenvalue weighted by Gasteiger charge is 2.06. The van der Waals surface area contributed by atoms with Crippen LogP contribution in [0.5, 0.6) is 5.75 Å². The van der Waals surface area contributed by atoms with Crippen LogP contribution in [-0.2, 0) is 16.0 Å². The second-order valence-corrected chi connectivity index (χ2v) is 8.35. The van der Waals surface area contributed by atoms with Crippen molar-refractivity contribution >= 4 is 35.0 Å². The van der Waals surface area contributed by atoms with Crippen molar-refractivity contribution in [2.24, 2.45) is 0 Å². The summed E-state index contributed by atoms with van der Waals surface area (Å²) in [7, 11) is 0. The van der Waals surface area contributed by atoms with Gasteiger partial charge in [-0.05, 0) is 60.5 Å². The van der Waals surface area contributed by atoms with Crippen molar-refractivity contribution in [2.45, 2.75) is 31.1 Å². The van der Waals surface area contributed by atoms with E-state index in [1.807, 2.05) is 78.9 Å². The highest BCUT2D eigenvalue weighted by atomic mass is 32.2. The highest BCUT2D eigenvalue weighted by Crippen LogP contribution is 2.21. The van der Waals surface area contributed by atoms with Crippen molar-refractivity contribution in [1.29, 1.82) is 0 Å². The van der Waals surface area contributed by atoms with Gasteiger partial charge < -0.3 is 15.4 Å². The lowest BCUT2D eigenvalue weighted by Crippen LogP contribution is -2.14. The number of carbonyl (C=O) groups is 2. The van der Waals surface area contributed by atoms with Gasteiger partial charge in [-0.25, -0.2) is 0 Å². The first-order valence-corrected chi connectivity index (χ1v) is 11.7. The van der Waals surface area contributed by atoms with E-state index in [1.54, 1.807) is 0 Å². The summed E-state index contributed by atoms with van der Waals surface area (Å²) in [6.45, 7) is 2.83. The first kappa shape index (κ1) is 23.4. The quantitative estimate of drug-likeness (QED) is 0.288. The molecule has 5 nitrogen and oxygen atoms in total. The van der Waals surface area contributed by atoms with Gasteiger partial charge in [-0.3, -0.25) is 9.59 Å². The average molecular weight is 449 g/mol. The van der Waals surface area contributed by atoms with Crippen molar-refractivity contribution in [1.82, 2.24) is 0 Å². The van der Waals surface area contributed by atoms with Gasteiger partial charge in [-0.2, -0.15) is 0 Å². The standard InChI is InChI=1S/C26H28N2O3S/c1-2-3-17-31-23-13-9-21(10-14-23)28-26(30)19-32-24-15-11-22(12-16-24)27-25(29)18-20-7-5-4-6-8-20/h4-16H,2-3,17-19H2,1H3,(H,27,29)(H,28,30). The van der Waals surface area contributed by atoms with E-state index in [0.717, 1.165) is 40.4 Å². The average Bonchev–Trinajstić information content (AvgIpc) is 2.80. The van der Waals surface area contributed by atoms with Crippen LogP contribution in [-0.4, -0.2) is 24.2 Å². The molecule has 0 aliphatic rings. The summed E-state index contributed by atoms with van der Waals surface area (Å²) in [4.78, 5) is 25.4. The fourth-order valence-corrected chi connectivity index (χ4v) is 3.63. The van der Waals surface area contributed by atoms with Gasteiger partial charge >= 0.3 is 0 Å². The van der Waals surface area contributed by atoms with Gasteiger partial charge in [0.25, 0.3) is 0 Å². The van der Waals surface area contributed by atoms with Crippen molar-refractivity contribution in [3.05, 3.63) is 84.4 Å². The second-order valence-electron chi connectivity index (χ2n) is 7.30. The van der Waals surface area contributed by atoms with Crippen LogP contribution in [0.4, 0.5) is 11.4 Å². The molecule has 0 saturated heterocycles. The van der Waals surface area contributed by atoms with E-state index in [2.05, 4.69) is 17.6 Å². The lowest BCUT2D eigenvalue weighted by Gasteiger charge is -2.09. The minimum Gasteiger partial charge on any atom is -0.494 e. The first-order chi connectivity index (χ1) is 15.6. The van der Waals surface area contributed by atoms with Gasteiger partial charge in [0.2, 0.25) is 11.8 Å². The van der Waals surface area contributed by atoms with Crippen molar-refractivity contribution in [2.75, 3.05) is 23.0 Å². The monoisotopic (exact) mass is 448 g/mol. The third kappa shape index (κ3) is 8.12. The Labute approximate surface area is 193 Å². The van der Waals surface area contributed by atoms with E-state index >= 15 is 0 Å². The molecular weight excluding hydrogens is 420 g/mol. The number of hydrogen-bond acceptors (Lipinski definition) is 4. The Morgan fingerprint density at radius 3 is 2.09 bits per heavy atom. The Morgan fingerprint density at radius 1 is 0.812 bits per heavy atom. The molecule has 6 heteroatoms. The molecule has 166 valence electrons. The topological polar surface area (TPSA) is 67.4 Å². The Kier molecular flexibility index (Phi) is 9.20. The van der Waals surface area contributed by atoms with Gasteiger partial charge in [-0.15, -0.1) is 11.8 Å². The van der Waals surface area contributed by atoms with Crippen LogP contribution in [0.2, 0.25) is 0 Å². The zero-order valence-corrected chi connectivity index (χ0v) is 19.0. The minimum atomic E-state index is -0.0742. The zero-order chi connectivity index (χ0) is 22.6. The first-order valence-electron chi connectivity index (χ1n) is 10.7. The number of hydrogen-bond donors (Lipinski definition) is 2. The Balaban J connectivity index is 1.40. The summed E-state index contributed by atoms with van der Waals surface area (Å²) < 4.78 is 5.63. The van der Waals surface area contributed by atoms with Crippen LogP contribution in [0.3, 0.4) is 0 Å². The molecule has 0 atom stereocenters. The summed E-state index contributed by atoms with van der Waals surface area (Å²) in [6.07, 6.45) is 2.46. The second kappa shape index (κ2) is 12.6. The molecule has 0 fully saturated rings. The predicted octanol–water partition coefficient (Wildman–Crippen LogP) is 5.78. The molecule has 0 radical (unpaired) electrons. The molecule has 3 aromatic carbocycles. The number of thioether (sulfide) groups is 1. The van der Waals surface area contributed by atoms with E-state index in [-0.39, 0.29) is 11.8 Å². The van der Waals surface area contributed by atoms with Crippen LogP contribution in [0.25, 0.3) is 0 Å². The molecule has 0 heterocycles. The molecule has 32 heavy (non-hydrogen) atoms. The van der Waals surface area contributed by atoms with Gasteiger partial charge in [-0.1, -0.05) is 43.7 Å². The summed E-state index contributed by atoms with van der Waals surface area (Å²) in [5, 5.41) is 5.79. The fraction of sp³-hybridized carbons (Fsp3) is 0.231. The molecular formula is C26H28N2O3S. The summed E-state index contributed by atoms with van der Waals surface area (Å²) in [6, 6.07) is 24.5. The zero-order valence-electron chi connectivity index (χ0n) is 18.2. The lowest BCUT2D eigenvalue weighted by molar-refractivity contribution is -0.115. The Hall–Kier alpha value is -3.25. The molecule has 2 amide bonds. The number of carbonyl (C=O) groups excluding carboxylic acids is 2. The van der Waals surface area contributed by atoms with Crippen LogP contribution < -0.4 is 15.4 Å².